The molecule has 1 aromatic carbocycles. The van der Waals surface area contributed by atoms with Gasteiger partial charge in [0.05, 0.1) is 5.75 Å². The van der Waals surface area contributed by atoms with Crippen LogP contribution in [0, 0.1) is 0 Å². The van der Waals surface area contributed by atoms with Gasteiger partial charge in [0.15, 0.2) is 0 Å². The lowest BCUT2D eigenvalue weighted by Gasteiger charge is -2.06. The van der Waals surface area contributed by atoms with Gasteiger partial charge in [-0.05, 0) is 31.0 Å². The second-order valence-electron chi connectivity index (χ2n) is 3.14. The van der Waals surface area contributed by atoms with Gasteiger partial charge >= 0.3 is 0 Å². The third-order valence-electron chi connectivity index (χ3n) is 1.99. The zero-order valence-electron chi connectivity index (χ0n) is 8.53. The molecule has 0 saturated carbocycles. The molecule has 0 aromatic heterocycles. The Bertz CT molecular complexity index is 400. The first kappa shape index (κ1) is 12.5. The highest BCUT2D eigenvalue weighted by molar-refractivity contribution is 9.09. The van der Waals surface area contributed by atoms with Gasteiger partial charge in [-0.25, -0.2) is 8.42 Å². The molecular formula is C10H14BrNO2S. The van der Waals surface area contributed by atoms with E-state index < -0.39 is 10.0 Å². The first-order chi connectivity index (χ1) is 7.07. The minimum Gasteiger partial charge on any atom is -0.284 e. The number of nitrogens with one attached hydrogen (secondary N) is 1. The summed E-state index contributed by atoms with van der Waals surface area (Å²) in [6.45, 7) is 1.61. The van der Waals surface area contributed by atoms with Crippen LogP contribution in [0.4, 0.5) is 5.69 Å². The zero-order chi connectivity index (χ0) is 11.3. The van der Waals surface area contributed by atoms with Gasteiger partial charge in [0, 0.05) is 11.0 Å². The third-order valence-corrected chi connectivity index (χ3v) is 3.69. The van der Waals surface area contributed by atoms with E-state index in [0.717, 1.165) is 11.8 Å². The molecule has 0 saturated heterocycles. The van der Waals surface area contributed by atoms with Crippen molar-refractivity contribution in [2.45, 2.75) is 13.3 Å². The number of alkyl halides is 1. The summed E-state index contributed by atoms with van der Waals surface area (Å²) in [7, 11) is -3.16. The topological polar surface area (TPSA) is 46.2 Å². The summed E-state index contributed by atoms with van der Waals surface area (Å²) < 4.78 is 25.0. The smallest absolute Gasteiger partial charge is 0.232 e. The lowest BCUT2D eigenvalue weighted by molar-refractivity contribution is 0.602. The summed E-state index contributed by atoms with van der Waals surface area (Å²) in [5.74, 6) is 0.0934. The number of aryl methyl sites for hydroxylation is 1. The Labute approximate surface area is 99.1 Å². The van der Waals surface area contributed by atoms with E-state index in [0.29, 0.717) is 5.69 Å². The van der Waals surface area contributed by atoms with Gasteiger partial charge in [-0.3, -0.25) is 4.72 Å². The average Bonchev–Trinajstić information content (AvgIpc) is 2.21. The van der Waals surface area contributed by atoms with E-state index in [1.54, 1.807) is 19.1 Å². The Morgan fingerprint density at radius 1 is 1.27 bits per heavy atom. The Morgan fingerprint density at radius 2 is 1.87 bits per heavy atom. The fraction of sp³-hybridized carbons (Fsp3) is 0.400. The molecule has 15 heavy (non-hydrogen) atoms. The van der Waals surface area contributed by atoms with Crippen LogP contribution in [-0.4, -0.2) is 19.5 Å². The molecule has 0 amide bonds. The molecule has 3 nitrogen and oxygen atoms in total. The third kappa shape index (κ3) is 4.22. The molecule has 0 aliphatic heterocycles. The summed E-state index contributed by atoms with van der Waals surface area (Å²) in [6, 6.07) is 7.42. The van der Waals surface area contributed by atoms with Gasteiger partial charge in [-0.2, -0.15) is 0 Å². The minimum atomic E-state index is -3.16. The van der Waals surface area contributed by atoms with Crippen LogP contribution in [-0.2, 0) is 16.4 Å². The van der Waals surface area contributed by atoms with Crippen molar-refractivity contribution in [2.75, 3.05) is 15.8 Å². The van der Waals surface area contributed by atoms with Gasteiger partial charge in [0.2, 0.25) is 10.0 Å². The quantitative estimate of drug-likeness (QED) is 0.847. The maximum atomic E-state index is 11.3. The predicted molar refractivity (Wildman–Crippen MR) is 67.0 cm³/mol. The molecule has 0 aliphatic carbocycles. The molecule has 1 N–H and O–H groups in total. The molecule has 0 radical (unpaired) electrons. The molecule has 84 valence electrons. The number of rotatable bonds is 5. The number of halogens is 1. The van der Waals surface area contributed by atoms with Crippen molar-refractivity contribution in [3.05, 3.63) is 29.8 Å². The van der Waals surface area contributed by atoms with Crippen molar-refractivity contribution >= 4 is 31.6 Å². The summed E-state index contributed by atoms with van der Waals surface area (Å²) in [5, 5.41) is 0.910. The van der Waals surface area contributed by atoms with Crippen LogP contribution >= 0.6 is 15.9 Å². The van der Waals surface area contributed by atoms with Crippen molar-refractivity contribution in [1.82, 2.24) is 0 Å². The molecule has 1 aromatic rings. The fourth-order valence-corrected chi connectivity index (χ4v) is 2.20. The van der Waals surface area contributed by atoms with Crippen LogP contribution in [0.25, 0.3) is 0 Å². The van der Waals surface area contributed by atoms with Gasteiger partial charge in [0.25, 0.3) is 0 Å². The molecule has 0 heterocycles. The van der Waals surface area contributed by atoms with E-state index in [1.165, 1.54) is 5.56 Å². The van der Waals surface area contributed by atoms with Crippen LogP contribution in [0.1, 0.15) is 12.5 Å². The average molecular weight is 292 g/mol. The summed E-state index contributed by atoms with van der Waals surface area (Å²) in [4.78, 5) is 0. The lowest BCUT2D eigenvalue weighted by atomic mass is 10.2. The van der Waals surface area contributed by atoms with Gasteiger partial charge in [-0.15, -0.1) is 0 Å². The van der Waals surface area contributed by atoms with Gasteiger partial charge in [0.1, 0.15) is 0 Å². The van der Waals surface area contributed by atoms with E-state index in [-0.39, 0.29) is 5.75 Å². The monoisotopic (exact) mass is 291 g/mol. The van der Waals surface area contributed by atoms with Crippen molar-refractivity contribution in [3.8, 4) is 0 Å². The number of sulfonamides is 1. The molecule has 0 spiro atoms. The number of hydrogen-bond donors (Lipinski definition) is 1. The normalized spacial score (nSPS) is 11.3. The number of hydrogen-bond acceptors (Lipinski definition) is 2. The number of benzene rings is 1. The second kappa shape index (κ2) is 5.51. The van der Waals surface area contributed by atoms with E-state index in [9.17, 15) is 8.42 Å². The maximum Gasteiger partial charge on any atom is 0.232 e. The van der Waals surface area contributed by atoms with Crippen molar-refractivity contribution in [3.63, 3.8) is 0 Å². The van der Waals surface area contributed by atoms with Crippen LogP contribution in [0.3, 0.4) is 0 Å². The van der Waals surface area contributed by atoms with Crippen molar-refractivity contribution in [1.29, 1.82) is 0 Å². The summed E-state index contributed by atoms with van der Waals surface area (Å²) in [5.41, 5.74) is 1.81. The van der Waals surface area contributed by atoms with E-state index in [1.807, 2.05) is 12.1 Å². The minimum absolute atomic E-state index is 0.0934. The predicted octanol–water partition coefficient (Wildman–Crippen LogP) is 2.39. The first-order valence-corrected chi connectivity index (χ1v) is 7.50. The van der Waals surface area contributed by atoms with Crippen LogP contribution in [0.15, 0.2) is 24.3 Å². The number of anilines is 1. The molecule has 0 unspecified atom stereocenters. The second-order valence-corrected chi connectivity index (χ2v) is 5.95. The van der Waals surface area contributed by atoms with E-state index in [4.69, 9.17) is 0 Å². The molecular weight excluding hydrogens is 278 g/mol. The Hall–Kier alpha value is -0.550. The van der Waals surface area contributed by atoms with Crippen LogP contribution in [0.5, 0.6) is 0 Å². The molecule has 0 atom stereocenters. The largest absolute Gasteiger partial charge is 0.284 e. The Balaban J connectivity index is 2.73. The molecule has 0 bridgehead atoms. The highest BCUT2D eigenvalue weighted by Crippen LogP contribution is 2.12. The highest BCUT2D eigenvalue weighted by atomic mass is 79.9. The van der Waals surface area contributed by atoms with Gasteiger partial charge in [-0.1, -0.05) is 28.1 Å². The molecule has 0 fully saturated rings. The summed E-state index contributed by atoms with van der Waals surface area (Å²) >= 11 is 3.35. The van der Waals surface area contributed by atoms with Crippen LogP contribution in [0.2, 0.25) is 0 Å². The highest BCUT2D eigenvalue weighted by Gasteiger charge is 2.05. The SMILES string of the molecule is CCS(=O)(=O)Nc1ccc(CCBr)cc1. The van der Waals surface area contributed by atoms with E-state index >= 15 is 0 Å². The van der Waals surface area contributed by atoms with Crippen LogP contribution < -0.4 is 4.72 Å². The Kier molecular flexibility index (Phi) is 4.60. The fourth-order valence-electron chi connectivity index (χ4n) is 1.10. The van der Waals surface area contributed by atoms with E-state index in [2.05, 4.69) is 20.7 Å². The molecule has 1 rings (SSSR count). The molecule has 0 aliphatic rings. The maximum absolute atomic E-state index is 11.3. The first-order valence-electron chi connectivity index (χ1n) is 4.73. The zero-order valence-corrected chi connectivity index (χ0v) is 10.9. The van der Waals surface area contributed by atoms with Crippen molar-refractivity contribution < 1.29 is 8.42 Å². The van der Waals surface area contributed by atoms with Crippen molar-refractivity contribution in [2.24, 2.45) is 0 Å². The Morgan fingerprint density at radius 3 is 2.33 bits per heavy atom. The van der Waals surface area contributed by atoms with Gasteiger partial charge < -0.3 is 0 Å². The molecule has 5 heteroatoms. The lowest BCUT2D eigenvalue weighted by Crippen LogP contribution is -2.14. The summed E-state index contributed by atoms with van der Waals surface area (Å²) in [6.07, 6.45) is 0.945. The standard InChI is InChI=1S/C10H14BrNO2S/c1-2-15(13,14)12-10-5-3-9(4-6-10)7-8-11/h3-6,12H,2,7-8H2,1H3.